The van der Waals surface area contributed by atoms with E-state index in [9.17, 15) is 4.79 Å². The molecule has 0 aromatic carbocycles. The van der Waals surface area contributed by atoms with Crippen LogP contribution in [0.3, 0.4) is 0 Å². The Morgan fingerprint density at radius 3 is 2.44 bits per heavy atom. The zero-order chi connectivity index (χ0) is 13.7. The molecular weight excluding hydrogens is 226 g/mol. The molecule has 4 heteroatoms. The highest BCUT2D eigenvalue weighted by Gasteiger charge is 2.37. The van der Waals surface area contributed by atoms with Crippen LogP contribution in [0.25, 0.3) is 0 Å². The van der Waals surface area contributed by atoms with E-state index < -0.39 is 0 Å². The maximum Gasteiger partial charge on any atom is 0.241 e. The summed E-state index contributed by atoms with van der Waals surface area (Å²) in [5, 5.41) is 3.38. The van der Waals surface area contributed by atoms with Crippen LogP contribution in [0.1, 0.15) is 41.0 Å². The van der Waals surface area contributed by atoms with E-state index in [2.05, 4.69) is 44.8 Å². The average Bonchev–Trinajstić information content (AvgIpc) is 2.61. The maximum atomic E-state index is 12.3. The van der Waals surface area contributed by atoms with Crippen molar-refractivity contribution in [1.82, 2.24) is 15.1 Å². The number of hydrogen-bond acceptors (Lipinski definition) is 3. The number of carbonyl (C=O) groups excluding carboxylic acids is 1. The first kappa shape index (κ1) is 15.4. The Morgan fingerprint density at radius 2 is 2.00 bits per heavy atom. The van der Waals surface area contributed by atoms with Crippen molar-refractivity contribution < 1.29 is 4.79 Å². The van der Waals surface area contributed by atoms with Crippen molar-refractivity contribution >= 4 is 5.91 Å². The van der Waals surface area contributed by atoms with Crippen LogP contribution in [0.15, 0.2) is 0 Å². The standard InChI is InChI=1S/C14H29N3O/c1-6-8-16(7-2)9-10-17-12(5)15-13(11(3)4)14(17)18/h11-13,15H,6-10H2,1-5H3. The molecule has 0 saturated carbocycles. The normalized spacial score (nSPS) is 24.6. The average molecular weight is 255 g/mol. The molecule has 0 aliphatic carbocycles. The molecule has 0 radical (unpaired) electrons. The molecule has 1 amide bonds. The van der Waals surface area contributed by atoms with E-state index in [-0.39, 0.29) is 18.1 Å². The zero-order valence-electron chi connectivity index (χ0n) is 12.6. The molecule has 2 atom stereocenters. The number of carbonyl (C=O) groups is 1. The first-order valence-corrected chi connectivity index (χ1v) is 7.30. The molecule has 1 rings (SSSR count). The smallest absolute Gasteiger partial charge is 0.241 e. The van der Waals surface area contributed by atoms with Gasteiger partial charge in [0.25, 0.3) is 0 Å². The van der Waals surface area contributed by atoms with E-state index in [0.717, 1.165) is 26.2 Å². The minimum absolute atomic E-state index is 0.00116. The van der Waals surface area contributed by atoms with Gasteiger partial charge >= 0.3 is 0 Å². The fourth-order valence-electron chi connectivity index (χ4n) is 2.57. The molecule has 4 nitrogen and oxygen atoms in total. The molecule has 0 bridgehead atoms. The maximum absolute atomic E-state index is 12.3. The third-order valence-corrected chi connectivity index (χ3v) is 3.75. The summed E-state index contributed by atoms with van der Waals surface area (Å²) in [5.74, 6) is 0.632. The van der Waals surface area contributed by atoms with Crippen LogP contribution in [0, 0.1) is 5.92 Å². The van der Waals surface area contributed by atoms with E-state index in [1.165, 1.54) is 6.42 Å². The predicted molar refractivity (Wildman–Crippen MR) is 75.3 cm³/mol. The summed E-state index contributed by atoms with van der Waals surface area (Å²) in [4.78, 5) is 16.7. The van der Waals surface area contributed by atoms with Crippen LogP contribution in [0.4, 0.5) is 0 Å². The Hall–Kier alpha value is -0.610. The Balaban J connectivity index is 2.49. The van der Waals surface area contributed by atoms with Crippen molar-refractivity contribution in [2.45, 2.75) is 53.2 Å². The van der Waals surface area contributed by atoms with Crippen molar-refractivity contribution in [2.75, 3.05) is 26.2 Å². The van der Waals surface area contributed by atoms with Gasteiger partial charge in [-0.25, -0.2) is 0 Å². The van der Waals surface area contributed by atoms with Crippen LogP contribution in [-0.2, 0) is 4.79 Å². The van der Waals surface area contributed by atoms with Gasteiger partial charge in [0.1, 0.15) is 0 Å². The topological polar surface area (TPSA) is 35.6 Å². The lowest BCUT2D eigenvalue weighted by Crippen LogP contribution is -2.41. The number of hydrogen-bond donors (Lipinski definition) is 1. The molecule has 1 heterocycles. The van der Waals surface area contributed by atoms with Gasteiger partial charge in [-0.1, -0.05) is 27.7 Å². The highest BCUT2D eigenvalue weighted by molar-refractivity contribution is 5.84. The highest BCUT2D eigenvalue weighted by Crippen LogP contribution is 2.16. The highest BCUT2D eigenvalue weighted by atomic mass is 16.2. The molecule has 0 aromatic rings. The molecule has 0 aromatic heterocycles. The third-order valence-electron chi connectivity index (χ3n) is 3.75. The van der Waals surface area contributed by atoms with Crippen molar-refractivity contribution in [3.05, 3.63) is 0 Å². The second-order valence-corrected chi connectivity index (χ2v) is 5.53. The summed E-state index contributed by atoms with van der Waals surface area (Å²) >= 11 is 0. The monoisotopic (exact) mass is 255 g/mol. The first-order valence-electron chi connectivity index (χ1n) is 7.30. The molecule has 1 aliphatic rings. The summed E-state index contributed by atoms with van der Waals surface area (Å²) in [7, 11) is 0. The molecule has 106 valence electrons. The quantitative estimate of drug-likeness (QED) is 0.749. The van der Waals surface area contributed by atoms with Crippen LogP contribution in [-0.4, -0.2) is 54.1 Å². The van der Waals surface area contributed by atoms with Gasteiger partial charge in [0.2, 0.25) is 5.91 Å². The molecule has 0 spiro atoms. The van der Waals surface area contributed by atoms with Crippen LogP contribution in [0.5, 0.6) is 0 Å². The van der Waals surface area contributed by atoms with Gasteiger partial charge in [-0.05, 0) is 32.4 Å². The Kier molecular flexibility index (Phi) is 6.09. The molecule has 1 fully saturated rings. The minimum Gasteiger partial charge on any atom is -0.325 e. The lowest BCUT2D eigenvalue weighted by Gasteiger charge is -2.26. The summed E-state index contributed by atoms with van der Waals surface area (Å²) < 4.78 is 0. The lowest BCUT2D eigenvalue weighted by atomic mass is 10.1. The van der Waals surface area contributed by atoms with Crippen LogP contribution >= 0.6 is 0 Å². The molecule has 1 N–H and O–H groups in total. The number of likely N-dealkylation sites (N-methyl/N-ethyl adjacent to an activating group) is 1. The van der Waals surface area contributed by atoms with Crippen LogP contribution < -0.4 is 5.32 Å². The van der Waals surface area contributed by atoms with Gasteiger partial charge in [0.15, 0.2) is 0 Å². The van der Waals surface area contributed by atoms with Crippen molar-refractivity contribution in [3.8, 4) is 0 Å². The SMILES string of the molecule is CCCN(CC)CCN1C(=O)C(C(C)C)NC1C. The molecule has 18 heavy (non-hydrogen) atoms. The van der Waals surface area contributed by atoms with Gasteiger partial charge in [-0.15, -0.1) is 0 Å². The van der Waals surface area contributed by atoms with Crippen molar-refractivity contribution in [1.29, 1.82) is 0 Å². The van der Waals surface area contributed by atoms with Crippen LogP contribution in [0.2, 0.25) is 0 Å². The largest absolute Gasteiger partial charge is 0.325 e. The number of amides is 1. The van der Waals surface area contributed by atoms with E-state index in [1.807, 2.05) is 4.90 Å². The number of nitrogens with one attached hydrogen (secondary N) is 1. The summed E-state index contributed by atoms with van der Waals surface area (Å²) in [5.41, 5.74) is 0. The number of nitrogens with zero attached hydrogens (tertiary/aromatic N) is 2. The summed E-state index contributed by atoms with van der Waals surface area (Å²) in [6.45, 7) is 14.7. The van der Waals surface area contributed by atoms with Gasteiger partial charge < -0.3 is 9.80 Å². The second kappa shape index (κ2) is 7.10. The third kappa shape index (κ3) is 3.69. The molecule has 1 saturated heterocycles. The van der Waals surface area contributed by atoms with Crippen molar-refractivity contribution in [2.24, 2.45) is 5.92 Å². The molecule has 1 aliphatic heterocycles. The minimum atomic E-state index is 0.00116. The Bertz CT molecular complexity index is 268. The predicted octanol–water partition coefficient (Wildman–Crippen LogP) is 1.52. The van der Waals surface area contributed by atoms with Crippen molar-refractivity contribution in [3.63, 3.8) is 0 Å². The zero-order valence-corrected chi connectivity index (χ0v) is 12.6. The summed E-state index contributed by atoms with van der Waals surface area (Å²) in [6, 6.07) is 0.00116. The second-order valence-electron chi connectivity index (χ2n) is 5.53. The number of rotatable bonds is 7. The Morgan fingerprint density at radius 1 is 1.33 bits per heavy atom. The van der Waals surface area contributed by atoms with Gasteiger partial charge in [-0.3, -0.25) is 10.1 Å². The van der Waals surface area contributed by atoms with Gasteiger partial charge in [0.05, 0.1) is 12.2 Å². The van der Waals surface area contributed by atoms with E-state index in [1.54, 1.807) is 0 Å². The molecular formula is C14H29N3O. The van der Waals surface area contributed by atoms with Gasteiger partial charge in [-0.2, -0.15) is 0 Å². The van der Waals surface area contributed by atoms with E-state index in [4.69, 9.17) is 0 Å². The fraction of sp³-hybridized carbons (Fsp3) is 0.929. The molecule has 2 unspecified atom stereocenters. The van der Waals surface area contributed by atoms with Gasteiger partial charge in [0, 0.05) is 13.1 Å². The fourth-order valence-corrected chi connectivity index (χ4v) is 2.57. The van der Waals surface area contributed by atoms with E-state index in [0.29, 0.717) is 5.92 Å². The lowest BCUT2D eigenvalue weighted by molar-refractivity contribution is -0.130. The summed E-state index contributed by atoms with van der Waals surface area (Å²) in [6.07, 6.45) is 1.34. The Labute approximate surface area is 112 Å². The first-order chi connectivity index (χ1) is 8.51. The van der Waals surface area contributed by atoms with E-state index >= 15 is 0 Å².